The van der Waals surface area contributed by atoms with Gasteiger partial charge in [-0.05, 0) is 50.3 Å². The molecule has 0 aliphatic heterocycles. The van der Waals surface area contributed by atoms with E-state index in [2.05, 4.69) is 24.4 Å². The molecule has 0 saturated heterocycles. The summed E-state index contributed by atoms with van der Waals surface area (Å²) in [6.45, 7) is 3.70. The summed E-state index contributed by atoms with van der Waals surface area (Å²) in [4.78, 5) is 0. The summed E-state index contributed by atoms with van der Waals surface area (Å²) in [5, 5.41) is 3.57. The number of ether oxygens (including phenoxy) is 2. The van der Waals surface area contributed by atoms with Gasteiger partial charge in [0.05, 0.1) is 6.10 Å². The lowest BCUT2D eigenvalue weighted by Crippen LogP contribution is -2.38. The van der Waals surface area contributed by atoms with Crippen molar-refractivity contribution in [3.05, 3.63) is 29.8 Å². The number of rotatable bonds is 6. The van der Waals surface area contributed by atoms with Crippen LogP contribution in [0.1, 0.15) is 31.2 Å². The van der Waals surface area contributed by atoms with Crippen LogP contribution in [0.25, 0.3) is 0 Å². The first kappa shape index (κ1) is 14.4. The minimum absolute atomic E-state index is 0.434. The molecule has 2 unspecified atom stereocenters. The molecule has 0 bridgehead atoms. The van der Waals surface area contributed by atoms with Gasteiger partial charge in [-0.15, -0.1) is 0 Å². The van der Waals surface area contributed by atoms with Crippen molar-refractivity contribution >= 4 is 0 Å². The Morgan fingerprint density at radius 3 is 3.00 bits per heavy atom. The van der Waals surface area contributed by atoms with Gasteiger partial charge in [0.25, 0.3) is 0 Å². The predicted octanol–water partition coefficient (Wildman–Crippen LogP) is 2.92. The van der Waals surface area contributed by atoms with E-state index in [0.29, 0.717) is 12.1 Å². The van der Waals surface area contributed by atoms with Gasteiger partial charge in [0.2, 0.25) is 0 Å². The van der Waals surface area contributed by atoms with Gasteiger partial charge in [-0.3, -0.25) is 0 Å². The van der Waals surface area contributed by atoms with E-state index in [0.717, 1.165) is 25.3 Å². The fourth-order valence-electron chi connectivity index (χ4n) is 2.68. The Kier molecular flexibility index (Phi) is 5.67. The van der Waals surface area contributed by atoms with Gasteiger partial charge in [-0.25, -0.2) is 0 Å². The van der Waals surface area contributed by atoms with Gasteiger partial charge in [0, 0.05) is 19.7 Å². The van der Waals surface area contributed by atoms with Crippen LogP contribution in [-0.4, -0.2) is 32.4 Å². The fourth-order valence-corrected chi connectivity index (χ4v) is 2.68. The zero-order chi connectivity index (χ0) is 13.5. The molecule has 1 aliphatic carbocycles. The molecule has 106 valence electrons. The van der Waals surface area contributed by atoms with Crippen molar-refractivity contribution in [2.45, 2.75) is 44.8 Å². The first-order chi connectivity index (χ1) is 9.28. The van der Waals surface area contributed by atoms with Crippen LogP contribution in [-0.2, 0) is 4.74 Å². The summed E-state index contributed by atoms with van der Waals surface area (Å²) in [5.41, 5.74) is 1.24. The van der Waals surface area contributed by atoms with Crippen molar-refractivity contribution in [1.82, 2.24) is 5.32 Å². The number of benzene rings is 1. The monoisotopic (exact) mass is 263 g/mol. The molecule has 0 amide bonds. The fraction of sp³-hybridized carbons (Fsp3) is 0.625. The molecule has 1 aromatic carbocycles. The van der Waals surface area contributed by atoms with Gasteiger partial charge in [0.1, 0.15) is 12.4 Å². The summed E-state index contributed by atoms with van der Waals surface area (Å²) in [6, 6.07) is 8.77. The second-order valence-corrected chi connectivity index (χ2v) is 5.34. The van der Waals surface area contributed by atoms with Crippen molar-refractivity contribution in [1.29, 1.82) is 0 Å². The zero-order valence-corrected chi connectivity index (χ0v) is 12.0. The minimum Gasteiger partial charge on any atom is -0.492 e. The van der Waals surface area contributed by atoms with E-state index in [9.17, 15) is 0 Å². The molecule has 1 aliphatic rings. The van der Waals surface area contributed by atoms with Crippen molar-refractivity contribution in [3.63, 3.8) is 0 Å². The molecule has 0 heterocycles. The third-order valence-electron chi connectivity index (χ3n) is 3.75. The molecule has 2 atom stereocenters. The lowest BCUT2D eigenvalue weighted by molar-refractivity contribution is 0.0583. The number of hydrogen-bond acceptors (Lipinski definition) is 3. The van der Waals surface area contributed by atoms with Gasteiger partial charge < -0.3 is 14.8 Å². The summed E-state index contributed by atoms with van der Waals surface area (Å²) in [5.74, 6) is 0.959. The average molecular weight is 263 g/mol. The van der Waals surface area contributed by atoms with Gasteiger partial charge >= 0.3 is 0 Å². The summed E-state index contributed by atoms with van der Waals surface area (Å²) in [7, 11) is 1.81. The molecule has 19 heavy (non-hydrogen) atoms. The third kappa shape index (κ3) is 4.84. The molecule has 1 aromatic rings. The lowest BCUT2D eigenvalue weighted by Gasteiger charge is -2.28. The zero-order valence-electron chi connectivity index (χ0n) is 12.0. The standard InChI is InChI=1S/C16H25NO2/c1-13-5-3-8-16(11-13)19-10-9-17-14-6-4-7-15(12-14)18-2/h3,5,8,11,14-15,17H,4,6-7,9-10,12H2,1-2H3. The molecule has 1 N–H and O–H groups in total. The molecular weight excluding hydrogens is 238 g/mol. The summed E-state index contributed by atoms with van der Waals surface area (Å²) >= 11 is 0. The number of methoxy groups -OCH3 is 1. The molecule has 3 nitrogen and oxygen atoms in total. The quantitative estimate of drug-likeness (QED) is 0.801. The Morgan fingerprint density at radius 2 is 2.21 bits per heavy atom. The number of nitrogens with one attached hydrogen (secondary N) is 1. The molecule has 0 aromatic heterocycles. The van der Waals surface area contributed by atoms with Crippen LogP contribution in [0.3, 0.4) is 0 Å². The largest absolute Gasteiger partial charge is 0.492 e. The normalized spacial score (nSPS) is 23.3. The predicted molar refractivity (Wildman–Crippen MR) is 77.7 cm³/mol. The van der Waals surface area contributed by atoms with E-state index < -0.39 is 0 Å². The Balaban J connectivity index is 1.64. The first-order valence-corrected chi connectivity index (χ1v) is 7.23. The van der Waals surface area contributed by atoms with E-state index in [1.165, 1.54) is 24.8 Å². The van der Waals surface area contributed by atoms with E-state index in [4.69, 9.17) is 9.47 Å². The van der Waals surface area contributed by atoms with E-state index in [-0.39, 0.29) is 0 Å². The molecule has 0 spiro atoms. The Hall–Kier alpha value is -1.06. The van der Waals surface area contributed by atoms with E-state index in [1.54, 1.807) is 0 Å². The molecule has 3 heteroatoms. The lowest BCUT2D eigenvalue weighted by atomic mass is 9.93. The van der Waals surface area contributed by atoms with Crippen LogP contribution in [0.15, 0.2) is 24.3 Å². The van der Waals surface area contributed by atoms with Crippen LogP contribution in [0.5, 0.6) is 5.75 Å². The van der Waals surface area contributed by atoms with Crippen LogP contribution in [0.4, 0.5) is 0 Å². The summed E-state index contributed by atoms with van der Waals surface area (Å²) in [6.07, 6.45) is 5.28. The summed E-state index contributed by atoms with van der Waals surface area (Å²) < 4.78 is 11.2. The molecule has 1 saturated carbocycles. The smallest absolute Gasteiger partial charge is 0.119 e. The van der Waals surface area contributed by atoms with Gasteiger partial charge in [0.15, 0.2) is 0 Å². The molecular formula is C16H25NO2. The molecule has 2 rings (SSSR count). The molecule has 0 radical (unpaired) electrons. The van der Waals surface area contributed by atoms with Crippen LogP contribution in [0.2, 0.25) is 0 Å². The van der Waals surface area contributed by atoms with Gasteiger partial charge in [-0.2, -0.15) is 0 Å². The SMILES string of the molecule is COC1CCCC(NCCOc2cccc(C)c2)C1. The number of aryl methyl sites for hydroxylation is 1. The van der Waals surface area contributed by atoms with Crippen LogP contribution >= 0.6 is 0 Å². The van der Waals surface area contributed by atoms with Crippen molar-refractivity contribution < 1.29 is 9.47 Å². The first-order valence-electron chi connectivity index (χ1n) is 7.23. The average Bonchev–Trinajstić information content (AvgIpc) is 2.44. The van der Waals surface area contributed by atoms with Crippen LogP contribution in [0, 0.1) is 6.92 Å². The number of hydrogen-bond donors (Lipinski definition) is 1. The highest BCUT2D eigenvalue weighted by Gasteiger charge is 2.20. The van der Waals surface area contributed by atoms with E-state index >= 15 is 0 Å². The minimum atomic E-state index is 0.434. The van der Waals surface area contributed by atoms with Crippen LogP contribution < -0.4 is 10.1 Å². The third-order valence-corrected chi connectivity index (χ3v) is 3.75. The van der Waals surface area contributed by atoms with E-state index in [1.807, 2.05) is 19.2 Å². The molecule has 1 fully saturated rings. The Morgan fingerprint density at radius 1 is 1.32 bits per heavy atom. The maximum atomic E-state index is 5.74. The second kappa shape index (κ2) is 7.51. The van der Waals surface area contributed by atoms with Gasteiger partial charge in [-0.1, -0.05) is 12.1 Å². The highest BCUT2D eigenvalue weighted by Crippen LogP contribution is 2.20. The second-order valence-electron chi connectivity index (χ2n) is 5.34. The van der Waals surface area contributed by atoms with Crippen molar-refractivity contribution in [2.24, 2.45) is 0 Å². The van der Waals surface area contributed by atoms with Crippen molar-refractivity contribution in [2.75, 3.05) is 20.3 Å². The Labute approximate surface area is 116 Å². The topological polar surface area (TPSA) is 30.5 Å². The highest BCUT2D eigenvalue weighted by molar-refractivity contribution is 5.27. The highest BCUT2D eigenvalue weighted by atomic mass is 16.5. The van der Waals surface area contributed by atoms with Crippen molar-refractivity contribution in [3.8, 4) is 5.75 Å². The Bertz CT molecular complexity index is 381. The maximum Gasteiger partial charge on any atom is 0.119 e. The maximum absolute atomic E-state index is 5.74.